The minimum Gasteiger partial charge on any atom is -0.465 e. The standard InChI is InChI=1S/C59H113NO5/c1-3-5-7-9-11-13-15-17-25-29-33-37-41-45-49-53-59(64)65-54-50-46-42-38-34-30-27-24-22-20-18-19-21-23-26-28-32-36-40-44-48-52-58(63)60-56(55-61)57(62)51-47-43-39-35-31-16-14-12-10-8-6-4-2/h30,34,42,46,56-57,61-62H,3-29,31-33,35-41,43-45,47-55H2,1-2H3,(H,60,63)/b34-30-,46-42-. The number of amides is 1. The third-order valence-electron chi connectivity index (χ3n) is 13.5. The van der Waals surface area contributed by atoms with Gasteiger partial charge in [0, 0.05) is 12.8 Å². The summed E-state index contributed by atoms with van der Waals surface area (Å²) in [6.07, 6.45) is 66.2. The number of carbonyl (C=O) groups excluding carboxylic acids is 2. The van der Waals surface area contributed by atoms with Gasteiger partial charge in [-0.2, -0.15) is 0 Å². The lowest BCUT2D eigenvalue weighted by molar-refractivity contribution is -0.143. The fraction of sp³-hybridized carbons (Fsp3) is 0.898. The van der Waals surface area contributed by atoms with Crippen molar-refractivity contribution >= 4 is 11.9 Å². The highest BCUT2D eigenvalue weighted by Crippen LogP contribution is 2.17. The molecular formula is C59H113NO5. The van der Waals surface area contributed by atoms with Crippen molar-refractivity contribution in [1.29, 1.82) is 0 Å². The monoisotopic (exact) mass is 916 g/mol. The molecule has 6 heteroatoms. The molecule has 0 spiro atoms. The largest absolute Gasteiger partial charge is 0.465 e. The van der Waals surface area contributed by atoms with Crippen LogP contribution in [0.15, 0.2) is 24.3 Å². The fourth-order valence-corrected chi connectivity index (χ4v) is 9.07. The Kier molecular flexibility index (Phi) is 53.5. The van der Waals surface area contributed by atoms with Crippen molar-refractivity contribution in [3.63, 3.8) is 0 Å². The molecule has 0 aromatic heterocycles. The minimum atomic E-state index is -0.666. The molecule has 0 saturated carbocycles. The van der Waals surface area contributed by atoms with Crippen LogP contribution in [0.5, 0.6) is 0 Å². The number of esters is 1. The SMILES string of the molecule is CCCCCCCCCCCCCCCCCC(=O)OCC/C=C\C/C=C\CCCCCCCCCCCCCCCCC(=O)NC(CO)C(O)CCCCCCCCCCCCCC. The molecule has 0 fully saturated rings. The zero-order valence-electron chi connectivity index (χ0n) is 43.7. The van der Waals surface area contributed by atoms with Crippen molar-refractivity contribution < 1.29 is 24.5 Å². The summed E-state index contributed by atoms with van der Waals surface area (Å²) in [6, 6.07) is -0.544. The summed E-state index contributed by atoms with van der Waals surface area (Å²) >= 11 is 0. The summed E-state index contributed by atoms with van der Waals surface area (Å²) in [7, 11) is 0. The molecule has 384 valence electrons. The molecule has 3 N–H and O–H groups in total. The van der Waals surface area contributed by atoms with Crippen LogP contribution in [0.25, 0.3) is 0 Å². The first-order chi connectivity index (χ1) is 32.0. The van der Waals surface area contributed by atoms with Crippen LogP contribution in [0.3, 0.4) is 0 Å². The molecule has 0 aliphatic heterocycles. The van der Waals surface area contributed by atoms with Crippen LogP contribution in [0, 0.1) is 0 Å². The van der Waals surface area contributed by atoms with Gasteiger partial charge in [-0.15, -0.1) is 0 Å². The second kappa shape index (κ2) is 54.9. The first kappa shape index (κ1) is 63.3. The van der Waals surface area contributed by atoms with Crippen LogP contribution in [0.1, 0.15) is 316 Å². The molecule has 65 heavy (non-hydrogen) atoms. The van der Waals surface area contributed by atoms with E-state index >= 15 is 0 Å². The van der Waals surface area contributed by atoms with Gasteiger partial charge in [0.25, 0.3) is 0 Å². The number of aliphatic hydroxyl groups is 2. The molecule has 0 aromatic carbocycles. The number of hydrogen-bond donors (Lipinski definition) is 3. The van der Waals surface area contributed by atoms with Crippen LogP contribution in [-0.4, -0.2) is 47.4 Å². The van der Waals surface area contributed by atoms with E-state index in [2.05, 4.69) is 43.5 Å². The van der Waals surface area contributed by atoms with Crippen LogP contribution >= 0.6 is 0 Å². The molecule has 2 unspecified atom stereocenters. The number of ether oxygens (including phenoxy) is 1. The van der Waals surface area contributed by atoms with E-state index in [1.165, 1.54) is 231 Å². The van der Waals surface area contributed by atoms with E-state index in [9.17, 15) is 19.8 Å². The highest BCUT2D eigenvalue weighted by atomic mass is 16.5. The van der Waals surface area contributed by atoms with E-state index in [1.807, 2.05) is 0 Å². The Morgan fingerprint density at radius 1 is 0.431 bits per heavy atom. The summed E-state index contributed by atoms with van der Waals surface area (Å²) in [5, 5.41) is 23.2. The molecule has 0 rings (SSSR count). The Hall–Kier alpha value is -1.66. The van der Waals surface area contributed by atoms with E-state index in [0.717, 1.165) is 51.4 Å². The summed E-state index contributed by atoms with van der Waals surface area (Å²) in [5.41, 5.74) is 0. The van der Waals surface area contributed by atoms with E-state index in [4.69, 9.17) is 4.74 Å². The fourth-order valence-electron chi connectivity index (χ4n) is 9.07. The topological polar surface area (TPSA) is 95.9 Å². The van der Waals surface area contributed by atoms with Gasteiger partial charge in [0.05, 0.1) is 25.4 Å². The molecule has 0 bridgehead atoms. The van der Waals surface area contributed by atoms with Gasteiger partial charge in [-0.25, -0.2) is 0 Å². The maximum absolute atomic E-state index is 12.4. The molecule has 0 heterocycles. The number of aliphatic hydroxyl groups excluding tert-OH is 2. The summed E-state index contributed by atoms with van der Waals surface area (Å²) < 4.78 is 5.42. The number of allylic oxidation sites excluding steroid dienone is 3. The second-order valence-electron chi connectivity index (χ2n) is 20.0. The van der Waals surface area contributed by atoms with Crippen molar-refractivity contribution in [1.82, 2.24) is 5.32 Å². The maximum Gasteiger partial charge on any atom is 0.305 e. The van der Waals surface area contributed by atoms with Gasteiger partial charge in [-0.1, -0.05) is 282 Å². The smallest absolute Gasteiger partial charge is 0.305 e. The molecule has 0 aliphatic carbocycles. The number of rotatable bonds is 54. The zero-order valence-corrected chi connectivity index (χ0v) is 43.7. The summed E-state index contributed by atoms with van der Waals surface area (Å²) in [5.74, 6) is -0.0717. The van der Waals surface area contributed by atoms with E-state index in [0.29, 0.717) is 25.9 Å². The predicted molar refractivity (Wildman–Crippen MR) is 283 cm³/mol. The third kappa shape index (κ3) is 51.6. The Labute approximate surface area is 405 Å². The van der Waals surface area contributed by atoms with Crippen LogP contribution < -0.4 is 5.32 Å². The van der Waals surface area contributed by atoms with E-state index in [1.54, 1.807) is 0 Å². The van der Waals surface area contributed by atoms with Crippen LogP contribution in [-0.2, 0) is 14.3 Å². The van der Waals surface area contributed by atoms with Gasteiger partial charge in [0.15, 0.2) is 0 Å². The van der Waals surface area contributed by atoms with Gasteiger partial charge < -0.3 is 20.3 Å². The van der Waals surface area contributed by atoms with Crippen molar-refractivity contribution in [3.8, 4) is 0 Å². The second-order valence-corrected chi connectivity index (χ2v) is 20.0. The first-order valence-corrected chi connectivity index (χ1v) is 29.1. The first-order valence-electron chi connectivity index (χ1n) is 29.1. The lowest BCUT2D eigenvalue weighted by Crippen LogP contribution is -2.45. The highest BCUT2D eigenvalue weighted by molar-refractivity contribution is 5.76. The average Bonchev–Trinajstić information content (AvgIpc) is 3.31. The van der Waals surface area contributed by atoms with Crippen LogP contribution in [0.4, 0.5) is 0 Å². The normalized spacial score (nSPS) is 12.7. The molecule has 2 atom stereocenters. The Balaban J connectivity index is 3.43. The van der Waals surface area contributed by atoms with Crippen molar-refractivity contribution in [2.24, 2.45) is 0 Å². The van der Waals surface area contributed by atoms with Crippen molar-refractivity contribution in [2.75, 3.05) is 13.2 Å². The number of nitrogens with one attached hydrogen (secondary N) is 1. The third-order valence-corrected chi connectivity index (χ3v) is 13.5. The average molecular weight is 917 g/mol. The van der Waals surface area contributed by atoms with Gasteiger partial charge in [0.1, 0.15) is 0 Å². The lowest BCUT2D eigenvalue weighted by Gasteiger charge is -2.22. The van der Waals surface area contributed by atoms with Crippen molar-refractivity contribution in [2.45, 2.75) is 328 Å². The lowest BCUT2D eigenvalue weighted by atomic mass is 10.0. The minimum absolute atomic E-state index is 0.0322. The highest BCUT2D eigenvalue weighted by Gasteiger charge is 2.20. The summed E-state index contributed by atoms with van der Waals surface area (Å²) in [6.45, 7) is 4.85. The molecular weight excluding hydrogens is 803 g/mol. The summed E-state index contributed by atoms with van der Waals surface area (Å²) in [4.78, 5) is 24.5. The zero-order chi connectivity index (χ0) is 47.2. The number of hydrogen-bond acceptors (Lipinski definition) is 5. The molecule has 0 aliphatic rings. The predicted octanol–water partition coefficient (Wildman–Crippen LogP) is 17.9. The van der Waals surface area contributed by atoms with Crippen LogP contribution in [0.2, 0.25) is 0 Å². The van der Waals surface area contributed by atoms with Crippen molar-refractivity contribution in [3.05, 3.63) is 24.3 Å². The Morgan fingerprint density at radius 3 is 1.17 bits per heavy atom. The molecule has 1 amide bonds. The Morgan fingerprint density at radius 2 is 0.769 bits per heavy atom. The molecule has 0 radical (unpaired) electrons. The van der Waals surface area contributed by atoms with Gasteiger partial charge >= 0.3 is 5.97 Å². The Bertz CT molecular complexity index is 1010. The van der Waals surface area contributed by atoms with Gasteiger partial charge in [-0.05, 0) is 44.9 Å². The maximum atomic E-state index is 12.4. The van der Waals surface area contributed by atoms with E-state index in [-0.39, 0.29) is 18.5 Å². The molecule has 0 aromatic rings. The quantitative estimate of drug-likeness (QED) is 0.0321. The van der Waals surface area contributed by atoms with Gasteiger partial charge in [0.2, 0.25) is 5.91 Å². The molecule has 0 saturated heterocycles. The van der Waals surface area contributed by atoms with Gasteiger partial charge in [-0.3, -0.25) is 9.59 Å². The van der Waals surface area contributed by atoms with E-state index < -0.39 is 12.1 Å². The number of unbranched alkanes of at least 4 members (excludes halogenated alkanes) is 39. The molecule has 6 nitrogen and oxygen atoms in total. The number of carbonyl (C=O) groups is 2.